The van der Waals surface area contributed by atoms with Gasteiger partial charge >= 0.3 is 0 Å². The van der Waals surface area contributed by atoms with Crippen LogP contribution in [0, 0.1) is 0 Å². The first-order valence-corrected chi connectivity index (χ1v) is 10.1. The molecule has 0 spiro atoms. The maximum atomic E-state index is 12.9. The second kappa shape index (κ2) is 9.22. The summed E-state index contributed by atoms with van der Waals surface area (Å²) >= 11 is 0. The van der Waals surface area contributed by atoms with Crippen LogP contribution in [-0.2, 0) is 0 Å². The van der Waals surface area contributed by atoms with Crippen molar-refractivity contribution >= 4 is 5.91 Å². The number of rotatable bonds is 5. The van der Waals surface area contributed by atoms with Crippen LogP contribution in [0.2, 0.25) is 0 Å². The molecule has 1 fully saturated rings. The van der Waals surface area contributed by atoms with Crippen molar-refractivity contribution in [2.75, 3.05) is 40.3 Å². The summed E-state index contributed by atoms with van der Waals surface area (Å²) in [5.74, 6) is 1.02. The average molecular weight is 411 g/mol. The summed E-state index contributed by atoms with van der Waals surface area (Å²) in [6, 6.07) is 11.1. The summed E-state index contributed by atoms with van der Waals surface area (Å²) in [5, 5.41) is 0. The van der Waals surface area contributed by atoms with Crippen molar-refractivity contribution in [3.05, 3.63) is 71.9 Å². The van der Waals surface area contributed by atoms with Crippen molar-refractivity contribution in [1.82, 2.24) is 9.88 Å². The molecule has 0 unspecified atom stereocenters. The number of benzene rings is 1. The summed E-state index contributed by atoms with van der Waals surface area (Å²) in [4.78, 5) is 19.3. The zero-order valence-electron chi connectivity index (χ0n) is 18.1. The number of allylic oxidation sites excluding steroid dienone is 4. The molecule has 1 aromatic carbocycles. The largest absolute Gasteiger partial charge is 0.462 e. The molecule has 5 nitrogen and oxygen atoms in total. The van der Waals surface area contributed by atoms with Gasteiger partial charge in [0.25, 0.3) is 5.91 Å². The third kappa shape index (κ3) is 5.76. The Balaban J connectivity index is 1.70. The van der Waals surface area contributed by atoms with Gasteiger partial charge in [-0.2, -0.15) is 0 Å². The molecule has 0 radical (unpaired) electrons. The number of hydrogen-bond donors (Lipinski definition) is 0. The first-order chi connectivity index (χ1) is 14.2. The number of aromatic nitrogens is 1. The molecule has 158 valence electrons. The van der Waals surface area contributed by atoms with Crippen LogP contribution in [0.3, 0.4) is 0 Å². The second-order valence-corrected chi connectivity index (χ2v) is 8.26. The van der Waals surface area contributed by atoms with E-state index in [0.29, 0.717) is 17.1 Å². The summed E-state index contributed by atoms with van der Waals surface area (Å²) in [5.41, 5.74) is 2.29. The van der Waals surface area contributed by atoms with E-state index in [0.717, 1.165) is 41.9 Å². The molecule has 0 N–H and O–H groups in total. The van der Waals surface area contributed by atoms with Gasteiger partial charge in [-0.15, -0.1) is 0 Å². The normalized spacial score (nSPS) is 17.0. The number of pyridine rings is 1. The van der Waals surface area contributed by atoms with Crippen LogP contribution in [0.4, 0.5) is 4.39 Å². The Hall–Kier alpha value is -2.99. The Morgan fingerprint density at radius 3 is 2.40 bits per heavy atom. The highest BCUT2D eigenvalue weighted by Gasteiger charge is 2.27. The number of amides is 1. The van der Waals surface area contributed by atoms with Gasteiger partial charge in [-0.25, -0.2) is 4.39 Å². The summed E-state index contributed by atoms with van der Waals surface area (Å²) in [7, 11) is 4.38. The van der Waals surface area contributed by atoms with E-state index in [1.807, 2.05) is 35.2 Å². The molecular formula is C24H29FN3O2+. The van der Waals surface area contributed by atoms with E-state index < -0.39 is 0 Å². The Labute approximate surface area is 177 Å². The molecule has 0 aliphatic carbocycles. The Morgan fingerprint density at radius 2 is 1.77 bits per heavy atom. The highest BCUT2D eigenvalue weighted by molar-refractivity contribution is 5.95. The van der Waals surface area contributed by atoms with Crippen LogP contribution in [-0.4, -0.2) is 60.5 Å². The minimum absolute atomic E-state index is 0.0512. The Kier molecular flexibility index (Phi) is 6.67. The van der Waals surface area contributed by atoms with E-state index in [4.69, 9.17) is 4.74 Å². The monoisotopic (exact) mass is 410 g/mol. The standard InChI is InChI=1S/C24H29FN3O2/c1-18(25)5-6-19(2)30-22-9-7-20(8-10-22)23-17-21(11-12-26-23)24(29)27-13-15-28(3,4)16-14-27/h5-12,17H,13-16H2,1-4H3/q+1. The van der Waals surface area contributed by atoms with Crippen molar-refractivity contribution in [2.24, 2.45) is 0 Å². The van der Waals surface area contributed by atoms with Gasteiger partial charge in [0, 0.05) is 17.3 Å². The molecule has 6 heteroatoms. The number of ether oxygens (including phenoxy) is 1. The number of halogens is 1. The van der Waals surface area contributed by atoms with Gasteiger partial charge in [-0.1, -0.05) is 0 Å². The molecule has 2 heterocycles. The fourth-order valence-electron chi connectivity index (χ4n) is 3.26. The molecule has 1 aliphatic rings. The molecular weight excluding hydrogens is 381 g/mol. The van der Waals surface area contributed by atoms with E-state index in [1.165, 1.54) is 13.0 Å². The fourth-order valence-corrected chi connectivity index (χ4v) is 3.26. The quantitative estimate of drug-likeness (QED) is 0.416. The third-order valence-corrected chi connectivity index (χ3v) is 5.22. The maximum Gasteiger partial charge on any atom is 0.254 e. The Bertz CT molecular complexity index is 951. The third-order valence-electron chi connectivity index (χ3n) is 5.22. The molecule has 0 atom stereocenters. The second-order valence-electron chi connectivity index (χ2n) is 8.26. The molecule has 0 bridgehead atoms. The maximum absolute atomic E-state index is 12.9. The van der Waals surface area contributed by atoms with Gasteiger partial charge in [0.05, 0.1) is 51.8 Å². The average Bonchev–Trinajstić information content (AvgIpc) is 2.72. The lowest BCUT2D eigenvalue weighted by Gasteiger charge is -2.39. The fraction of sp³-hybridized carbons (Fsp3) is 0.333. The van der Waals surface area contributed by atoms with Crippen LogP contribution in [0.15, 0.2) is 66.3 Å². The molecule has 1 saturated heterocycles. The molecule has 0 saturated carbocycles. The van der Waals surface area contributed by atoms with Crippen molar-refractivity contribution in [1.29, 1.82) is 0 Å². The zero-order chi connectivity index (χ0) is 21.7. The Morgan fingerprint density at radius 1 is 1.10 bits per heavy atom. The van der Waals surface area contributed by atoms with Crippen molar-refractivity contribution in [2.45, 2.75) is 13.8 Å². The topological polar surface area (TPSA) is 42.4 Å². The van der Waals surface area contributed by atoms with Gasteiger partial charge in [-0.3, -0.25) is 9.78 Å². The number of piperazine rings is 1. The van der Waals surface area contributed by atoms with E-state index in [-0.39, 0.29) is 11.7 Å². The lowest BCUT2D eigenvalue weighted by molar-refractivity contribution is -0.894. The number of hydrogen-bond acceptors (Lipinski definition) is 3. The predicted molar refractivity (Wildman–Crippen MR) is 117 cm³/mol. The van der Waals surface area contributed by atoms with E-state index in [9.17, 15) is 9.18 Å². The first kappa shape index (κ1) is 21.7. The van der Waals surface area contributed by atoms with Crippen LogP contribution < -0.4 is 4.74 Å². The number of quaternary nitrogens is 1. The lowest BCUT2D eigenvalue weighted by Crippen LogP contribution is -2.56. The number of likely N-dealkylation sites (N-methyl/N-ethyl adjacent to an activating group) is 1. The minimum Gasteiger partial charge on any atom is -0.462 e. The summed E-state index contributed by atoms with van der Waals surface area (Å²) < 4.78 is 19.4. The molecule has 1 aliphatic heterocycles. The smallest absolute Gasteiger partial charge is 0.254 e. The highest BCUT2D eigenvalue weighted by atomic mass is 19.1. The molecule has 1 aromatic heterocycles. The van der Waals surface area contributed by atoms with Gasteiger partial charge in [0.15, 0.2) is 0 Å². The molecule has 2 aromatic rings. The van der Waals surface area contributed by atoms with Gasteiger partial charge in [0.2, 0.25) is 0 Å². The van der Waals surface area contributed by atoms with E-state index in [1.54, 1.807) is 25.3 Å². The van der Waals surface area contributed by atoms with Gasteiger partial charge in [-0.05, 0) is 62.4 Å². The number of carbonyl (C=O) groups is 1. The van der Waals surface area contributed by atoms with Crippen LogP contribution in [0.1, 0.15) is 24.2 Å². The molecule has 30 heavy (non-hydrogen) atoms. The van der Waals surface area contributed by atoms with Crippen molar-refractivity contribution in [3.8, 4) is 17.0 Å². The van der Waals surface area contributed by atoms with Crippen LogP contribution in [0.25, 0.3) is 11.3 Å². The van der Waals surface area contributed by atoms with Crippen LogP contribution >= 0.6 is 0 Å². The van der Waals surface area contributed by atoms with Crippen LogP contribution in [0.5, 0.6) is 5.75 Å². The zero-order valence-corrected chi connectivity index (χ0v) is 18.1. The predicted octanol–water partition coefficient (Wildman–Crippen LogP) is 4.44. The van der Waals surface area contributed by atoms with E-state index >= 15 is 0 Å². The highest BCUT2D eigenvalue weighted by Crippen LogP contribution is 2.23. The summed E-state index contributed by atoms with van der Waals surface area (Å²) in [6.45, 7) is 6.60. The first-order valence-electron chi connectivity index (χ1n) is 10.1. The SMILES string of the molecule is CC(F)=CC=C(C)Oc1ccc(-c2cc(C(=O)N3CC[N+](C)(C)CC3)ccn2)cc1. The molecule has 3 rings (SSSR count). The summed E-state index contributed by atoms with van der Waals surface area (Å²) in [6.07, 6.45) is 4.62. The lowest BCUT2D eigenvalue weighted by atomic mass is 10.1. The van der Waals surface area contributed by atoms with Crippen molar-refractivity contribution < 1.29 is 18.4 Å². The number of nitrogens with zero attached hydrogens (tertiary/aromatic N) is 3. The van der Waals surface area contributed by atoms with Crippen molar-refractivity contribution in [3.63, 3.8) is 0 Å². The van der Waals surface area contributed by atoms with E-state index in [2.05, 4.69) is 19.1 Å². The minimum atomic E-state index is -0.277. The number of carbonyl (C=O) groups excluding carboxylic acids is 1. The van der Waals surface area contributed by atoms with Gasteiger partial charge in [0.1, 0.15) is 11.5 Å². The van der Waals surface area contributed by atoms with Gasteiger partial charge < -0.3 is 14.1 Å². The molecule has 1 amide bonds.